The topological polar surface area (TPSA) is 102 Å². The molecule has 0 heterocycles. The van der Waals surface area contributed by atoms with Crippen molar-refractivity contribution >= 4 is 19.4 Å². The molecule has 0 aliphatic heterocycles. The molecule has 41 heavy (non-hydrogen) atoms. The predicted molar refractivity (Wildman–Crippen MR) is 158 cm³/mol. The van der Waals surface area contributed by atoms with Crippen molar-refractivity contribution in [3.63, 3.8) is 0 Å². The van der Waals surface area contributed by atoms with E-state index in [1.54, 1.807) is 0 Å². The van der Waals surface area contributed by atoms with Crippen LogP contribution in [0.25, 0.3) is 11.1 Å². The second-order valence-corrected chi connectivity index (χ2v) is 16.1. The summed E-state index contributed by atoms with van der Waals surface area (Å²) in [6.07, 6.45) is 5.74. The summed E-state index contributed by atoms with van der Waals surface area (Å²) in [5.41, 5.74) is 4.07. The predicted octanol–water partition coefficient (Wildman–Crippen LogP) is 7.64. The van der Waals surface area contributed by atoms with Gasteiger partial charge in [-0.25, -0.2) is 4.79 Å². The van der Waals surface area contributed by atoms with Gasteiger partial charge in [0.15, 0.2) is 0 Å². The SMILES string of the molecule is CC(C)CC(NC(=O)OCC1c2ccccc2-c2ccccc21)P(=O)(CCC(=O)O)OC12CC3CC(CC(C3)C1)C2. The van der Waals surface area contributed by atoms with Crippen molar-refractivity contribution in [1.82, 2.24) is 5.32 Å². The molecule has 7 nitrogen and oxygen atoms in total. The largest absolute Gasteiger partial charge is 0.481 e. The lowest BCUT2D eigenvalue weighted by Gasteiger charge is -2.57. The third-order valence-corrected chi connectivity index (χ3v) is 12.6. The van der Waals surface area contributed by atoms with Gasteiger partial charge in [0, 0.05) is 12.1 Å². The number of amides is 1. The van der Waals surface area contributed by atoms with Gasteiger partial charge in [-0.3, -0.25) is 9.36 Å². The van der Waals surface area contributed by atoms with Gasteiger partial charge in [-0.05, 0) is 90.9 Å². The van der Waals surface area contributed by atoms with Crippen molar-refractivity contribution in [3.8, 4) is 11.1 Å². The van der Waals surface area contributed by atoms with Crippen LogP contribution in [0.2, 0.25) is 0 Å². The summed E-state index contributed by atoms with van der Waals surface area (Å²) < 4.78 is 27.4. The number of carboxylic acid groups (broad SMARTS) is 1. The maximum absolute atomic E-state index is 14.8. The molecule has 2 N–H and O–H groups in total. The van der Waals surface area contributed by atoms with E-state index < -0.39 is 30.8 Å². The van der Waals surface area contributed by atoms with Crippen LogP contribution in [-0.2, 0) is 18.6 Å². The molecule has 7 rings (SSSR count). The molecule has 4 saturated carbocycles. The standard InChI is InChI=1S/C33H42NO6P/c1-21(2)13-30(34-32(37)39-20-29-27-9-5-3-7-25(27)26-8-4-6-10-28(26)29)41(38,12-11-31(35)36)40-33-17-22-14-23(18-33)16-24(15-22)19-33/h3-10,21-24,29-30H,11-20H2,1-2H3,(H,34,37)(H,35,36). The summed E-state index contributed by atoms with van der Waals surface area (Å²) >= 11 is 0. The Balaban J connectivity index is 1.20. The summed E-state index contributed by atoms with van der Waals surface area (Å²) in [5.74, 6) is -0.00601. The lowest BCUT2D eigenvalue weighted by atomic mass is 9.54. The zero-order valence-corrected chi connectivity index (χ0v) is 25.0. The Kier molecular flexibility index (Phi) is 7.80. The highest BCUT2D eigenvalue weighted by Gasteiger charge is 2.55. The zero-order valence-electron chi connectivity index (χ0n) is 24.1. The Labute approximate surface area is 242 Å². The molecule has 0 radical (unpaired) electrons. The van der Waals surface area contributed by atoms with Gasteiger partial charge < -0.3 is 19.7 Å². The fourth-order valence-electron chi connectivity index (χ4n) is 8.53. The van der Waals surface area contributed by atoms with E-state index in [-0.39, 0.29) is 31.0 Å². The molecule has 2 unspecified atom stereocenters. The number of carboxylic acids is 1. The number of alkyl carbamates (subject to hydrolysis) is 1. The number of aliphatic carboxylic acids is 1. The fraction of sp³-hybridized carbons (Fsp3) is 0.576. The van der Waals surface area contributed by atoms with Crippen LogP contribution in [0.1, 0.15) is 82.3 Å². The van der Waals surface area contributed by atoms with Crippen molar-refractivity contribution in [2.45, 2.75) is 82.5 Å². The maximum Gasteiger partial charge on any atom is 0.407 e. The Morgan fingerprint density at radius 2 is 1.49 bits per heavy atom. The lowest BCUT2D eigenvalue weighted by Crippen LogP contribution is -2.52. The van der Waals surface area contributed by atoms with Gasteiger partial charge in [0.2, 0.25) is 7.37 Å². The molecule has 5 aliphatic carbocycles. The summed E-state index contributed by atoms with van der Waals surface area (Å²) in [5, 5.41) is 12.5. The normalized spacial score (nSPS) is 28.1. The smallest absolute Gasteiger partial charge is 0.407 e. The Bertz CT molecular complexity index is 1270. The van der Waals surface area contributed by atoms with Gasteiger partial charge in [0.1, 0.15) is 12.4 Å². The zero-order chi connectivity index (χ0) is 28.8. The van der Waals surface area contributed by atoms with E-state index >= 15 is 0 Å². The first-order valence-corrected chi connectivity index (χ1v) is 17.1. The van der Waals surface area contributed by atoms with Crippen molar-refractivity contribution in [3.05, 3.63) is 59.7 Å². The molecule has 2 atom stereocenters. The van der Waals surface area contributed by atoms with E-state index in [4.69, 9.17) is 9.26 Å². The van der Waals surface area contributed by atoms with Crippen LogP contribution in [-0.4, -0.2) is 41.3 Å². The first kappa shape index (κ1) is 28.5. The molecule has 2 aromatic rings. The molecule has 1 amide bonds. The van der Waals surface area contributed by atoms with Crippen LogP contribution in [0.4, 0.5) is 4.79 Å². The van der Waals surface area contributed by atoms with E-state index in [9.17, 15) is 19.3 Å². The molecule has 4 fully saturated rings. The molecule has 0 spiro atoms. The van der Waals surface area contributed by atoms with Crippen molar-refractivity contribution in [1.29, 1.82) is 0 Å². The highest BCUT2D eigenvalue weighted by Crippen LogP contribution is 2.65. The molecule has 0 saturated heterocycles. The van der Waals surface area contributed by atoms with Gasteiger partial charge in [-0.15, -0.1) is 0 Å². The summed E-state index contributed by atoms with van der Waals surface area (Å²) in [7, 11) is -3.59. The molecular formula is C33H42NO6P. The van der Waals surface area contributed by atoms with Gasteiger partial charge >= 0.3 is 12.1 Å². The molecule has 5 aliphatic rings. The summed E-state index contributed by atoms with van der Waals surface area (Å²) in [6.45, 7) is 4.18. The Hall–Kier alpha value is -2.63. The number of carbonyl (C=O) groups excluding carboxylic acids is 1. The molecule has 220 valence electrons. The highest BCUT2D eigenvalue weighted by atomic mass is 31.2. The first-order chi connectivity index (χ1) is 19.6. The number of carbonyl (C=O) groups is 2. The Morgan fingerprint density at radius 3 is 2.00 bits per heavy atom. The minimum Gasteiger partial charge on any atom is -0.481 e. The number of hydrogen-bond acceptors (Lipinski definition) is 5. The maximum atomic E-state index is 14.8. The van der Waals surface area contributed by atoms with E-state index in [0.29, 0.717) is 24.2 Å². The van der Waals surface area contributed by atoms with Crippen LogP contribution >= 0.6 is 7.37 Å². The van der Waals surface area contributed by atoms with Crippen molar-refractivity contribution < 1.29 is 28.5 Å². The molecule has 2 aromatic carbocycles. The molecule has 0 aromatic heterocycles. The van der Waals surface area contributed by atoms with Crippen LogP contribution in [0.5, 0.6) is 0 Å². The van der Waals surface area contributed by atoms with Gasteiger partial charge in [-0.2, -0.15) is 0 Å². The van der Waals surface area contributed by atoms with Crippen molar-refractivity contribution in [2.24, 2.45) is 23.7 Å². The van der Waals surface area contributed by atoms with Crippen molar-refractivity contribution in [2.75, 3.05) is 12.8 Å². The van der Waals surface area contributed by atoms with Gasteiger partial charge in [0.25, 0.3) is 0 Å². The van der Waals surface area contributed by atoms with Crippen LogP contribution < -0.4 is 5.32 Å². The molecule has 8 heteroatoms. The Morgan fingerprint density at radius 1 is 0.951 bits per heavy atom. The number of hydrogen-bond donors (Lipinski definition) is 2. The number of ether oxygens (including phenoxy) is 1. The molecule has 4 bridgehead atoms. The summed E-state index contributed by atoms with van der Waals surface area (Å²) in [6, 6.07) is 16.3. The number of benzene rings is 2. The monoisotopic (exact) mass is 579 g/mol. The third-order valence-electron chi connectivity index (χ3n) is 9.77. The van der Waals surface area contributed by atoms with Crippen LogP contribution in [0.3, 0.4) is 0 Å². The second kappa shape index (κ2) is 11.2. The highest BCUT2D eigenvalue weighted by molar-refractivity contribution is 7.59. The number of rotatable bonds is 11. The number of fused-ring (bicyclic) bond motifs is 3. The van der Waals surface area contributed by atoms with E-state index in [0.717, 1.165) is 41.5 Å². The van der Waals surface area contributed by atoms with Gasteiger partial charge in [0.05, 0.1) is 12.0 Å². The fourth-order valence-corrected chi connectivity index (χ4v) is 11.5. The van der Waals surface area contributed by atoms with E-state index in [1.165, 1.54) is 19.3 Å². The van der Waals surface area contributed by atoms with Gasteiger partial charge in [-0.1, -0.05) is 62.4 Å². The second-order valence-electron chi connectivity index (χ2n) is 13.4. The van der Waals surface area contributed by atoms with E-state index in [2.05, 4.69) is 29.6 Å². The molecular weight excluding hydrogens is 537 g/mol. The average molecular weight is 580 g/mol. The number of nitrogens with one attached hydrogen (secondary N) is 1. The third kappa shape index (κ3) is 5.85. The van der Waals surface area contributed by atoms with Crippen LogP contribution in [0.15, 0.2) is 48.5 Å². The van der Waals surface area contributed by atoms with Crippen LogP contribution in [0, 0.1) is 23.7 Å². The minimum atomic E-state index is -3.59. The quantitative estimate of drug-likeness (QED) is 0.265. The minimum absolute atomic E-state index is 0.0845. The first-order valence-electron chi connectivity index (χ1n) is 15.3. The lowest BCUT2D eigenvalue weighted by molar-refractivity contribution is -0.136. The average Bonchev–Trinajstić information content (AvgIpc) is 3.23. The van der Waals surface area contributed by atoms with E-state index in [1.807, 2.05) is 38.1 Å². The summed E-state index contributed by atoms with van der Waals surface area (Å²) in [4.78, 5) is 25.0.